The fourth-order valence-corrected chi connectivity index (χ4v) is 5.13. The first-order valence-corrected chi connectivity index (χ1v) is 9.09. The predicted molar refractivity (Wildman–Crippen MR) is 80.6 cm³/mol. The van der Waals surface area contributed by atoms with E-state index in [0.717, 1.165) is 25.7 Å². The first-order chi connectivity index (χ1) is 9.98. The molecule has 0 spiro atoms. The van der Waals surface area contributed by atoms with Crippen molar-refractivity contribution in [3.8, 4) is 5.88 Å². The smallest absolute Gasteiger partial charge is 0.216 e. The van der Waals surface area contributed by atoms with Crippen LogP contribution in [0, 0.1) is 0 Å². The highest BCUT2D eigenvalue weighted by Gasteiger charge is 2.48. The van der Waals surface area contributed by atoms with Gasteiger partial charge < -0.3 is 4.74 Å². The molecule has 3 heterocycles. The Kier molecular flexibility index (Phi) is 3.92. The molecule has 0 aliphatic carbocycles. The number of piperidine rings is 1. The van der Waals surface area contributed by atoms with Crippen LogP contribution in [0.15, 0.2) is 24.4 Å². The van der Waals surface area contributed by atoms with E-state index in [2.05, 4.69) is 4.98 Å². The number of aromatic nitrogens is 1. The first kappa shape index (κ1) is 14.8. The van der Waals surface area contributed by atoms with Crippen LogP contribution in [0.2, 0.25) is 0 Å². The molecule has 3 rings (SSSR count). The summed E-state index contributed by atoms with van der Waals surface area (Å²) in [4.78, 5) is 4.19. The first-order valence-electron chi connectivity index (χ1n) is 7.58. The van der Waals surface area contributed by atoms with Crippen LogP contribution in [0.25, 0.3) is 0 Å². The number of hydrogen-bond donors (Lipinski definition) is 0. The van der Waals surface area contributed by atoms with Crippen LogP contribution in [-0.2, 0) is 10.0 Å². The Morgan fingerprint density at radius 2 is 1.90 bits per heavy atom. The standard InChI is InChI=1S/C15H22N2O3S/c1-11(2)21(18,19)17-12-6-7-13(17)10-14(9-12)20-15-5-3-4-8-16-15/h3-5,8,11-14H,6-7,9-10H2,1-2H3. The number of fused-ring (bicyclic) bond motifs is 2. The lowest BCUT2D eigenvalue weighted by molar-refractivity contribution is 0.0914. The van der Waals surface area contributed by atoms with Crippen LogP contribution in [-0.4, -0.2) is 41.1 Å². The van der Waals surface area contributed by atoms with E-state index in [1.165, 1.54) is 0 Å². The fourth-order valence-electron chi connectivity index (χ4n) is 3.43. The quantitative estimate of drug-likeness (QED) is 0.855. The van der Waals surface area contributed by atoms with E-state index in [9.17, 15) is 8.42 Å². The Hall–Kier alpha value is -1.14. The second kappa shape index (κ2) is 5.57. The number of nitrogens with zero attached hydrogens (tertiary/aromatic N) is 2. The van der Waals surface area contributed by atoms with Gasteiger partial charge in [-0.05, 0) is 32.8 Å². The Labute approximate surface area is 126 Å². The third-order valence-corrected chi connectivity index (χ3v) is 6.81. The fraction of sp³-hybridized carbons (Fsp3) is 0.667. The molecule has 6 heteroatoms. The van der Waals surface area contributed by atoms with Gasteiger partial charge in [-0.15, -0.1) is 0 Å². The lowest BCUT2D eigenvalue weighted by Crippen LogP contribution is -2.51. The molecule has 2 bridgehead atoms. The van der Waals surface area contributed by atoms with Crippen molar-refractivity contribution in [2.24, 2.45) is 0 Å². The number of ether oxygens (including phenoxy) is 1. The SMILES string of the molecule is CC(C)S(=O)(=O)N1C2CCC1CC(Oc1ccccn1)C2. The van der Waals surface area contributed by atoms with Gasteiger partial charge in [0, 0.05) is 37.2 Å². The summed E-state index contributed by atoms with van der Waals surface area (Å²) < 4.78 is 32.7. The minimum absolute atomic E-state index is 0.0658. The van der Waals surface area contributed by atoms with Crippen molar-refractivity contribution in [1.82, 2.24) is 9.29 Å². The second-order valence-corrected chi connectivity index (χ2v) is 8.58. The molecule has 2 aliphatic heterocycles. The molecular weight excluding hydrogens is 288 g/mol. The Bertz CT molecular complexity index is 574. The summed E-state index contributed by atoms with van der Waals surface area (Å²) in [6.45, 7) is 3.51. The lowest BCUT2D eigenvalue weighted by atomic mass is 10.0. The number of rotatable bonds is 4. The van der Waals surface area contributed by atoms with Crippen LogP contribution in [0.3, 0.4) is 0 Å². The molecule has 2 fully saturated rings. The largest absolute Gasteiger partial charge is 0.474 e. The summed E-state index contributed by atoms with van der Waals surface area (Å²) in [5.41, 5.74) is 0. The molecule has 2 unspecified atom stereocenters. The highest BCUT2D eigenvalue weighted by molar-refractivity contribution is 7.89. The maximum Gasteiger partial charge on any atom is 0.216 e. The molecular formula is C15H22N2O3S. The van der Waals surface area contributed by atoms with E-state index < -0.39 is 10.0 Å². The lowest BCUT2D eigenvalue weighted by Gasteiger charge is -2.38. The molecule has 2 atom stereocenters. The Morgan fingerprint density at radius 1 is 1.24 bits per heavy atom. The maximum atomic E-state index is 12.5. The van der Waals surface area contributed by atoms with Gasteiger partial charge in [0.2, 0.25) is 15.9 Å². The minimum Gasteiger partial charge on any atom is -0.474 e. The zero-order chi connectivity index (χ0) is 15.0. The second-order valence-electron chi connectivity index (χ2n) is 6.19. The van der Waals surface area contributed by atoms with Gasteiger partial charge in [-0.1, -0.05) is 6.07 Å². The normalized spacial score (nSPS) is 29.8. The molecule has 2 aliphatic rings. The van der Waals surface area contributed by atoms with Gasteiger partial charge in [-0.25, -0.2) is 13.4 Å². The molecule has 116 valence electrons. The highest BCUT2D eigenvalue weighted by atomic mass is 32.2. The van der Waals surface area contributed by atoms with Crippen LogP contribution in [0.5, 0.6) is 5.88 Å². The maximum absolute atomic E-state index is 12.5. The van der Waals surface area contributed by atoms with Gasteiger partial charge in [0.25, 0.3) is 0 Å². The topological polar surface area (TPSA) is 59.5 Å². The molecule has 0 saturated carbocycles. The molecule has 1 aromatic heterocycles. The average Bonchev–Trinajstić information content (AvgIpc) is 2.73. The van der Waals surface area contributed by atoms with Gasteiger partial charge in [-0.3, -0.25) is 0 Å². The monoisotopic (exact) mass is 310 g/mol. The summed E-state index contributed by atoms with van der Waals surface area (Å²) in [7, 11) is -3.17. The van der Waals surface area contributed by atoms with Gasteiger partial charge in [0.15, 0.2) is 0 Å². The highest BCUT2D eigenvalue weighted by Crippen LogP contribution is 2.39. The molecule has 21 heavy (non-hydrogen) atoms. The number of pyridine rings is 1. The summed E-state index contributed by atoms with van der Waals surface area (Å²) >= 11 is 0. The van der Waals surface area contributed by atoms with E-state index in [1.807, 2.05) is 18.2 Å². The van der Waals surface area contributed by atoms with E-state index in [0.29, 0.717) is 5.88 Å². The zero-order valence-corrected chi connectivity index (χ0v) is 13.3. The van der Waals surface area contributed by atoms with Gasteiger partial charge in [0.1, 0.15) is 6.10 Å². The van der Waals surface area contributed by atoms with E-state index in [4.69, 9.17) is 4.74 Å². The molecule has 5 nitrogen and oxygen atoms in total. The van der Waals surface area contributed by atoms with Crippen molar-refractivity contribution in [3.05, 3.63) is 24.4 Å². The van der Waals surface area contributed by atoms with Crippen molar-refractivity contribution in [3.63, 3.8) is 0 Å². The minimum atomic E-state index is -3.17. The molecule has 1 aromatic rings. The number of hydrogen-bond acceptors (Lipinski definition) is 4. The zero-order valence-electron chi connectivity index (χ0n) is 12.5. The molecule has 0 amide bonds. The Balaban J connectivity index is 1.72. The molecule has 2 saturated heterocycles. The summed E-state index contributed by atoms with van der Waals surface area (Å²) in [6, 6.07) is 5.78. The van der Waals surface area contributed by atoms with Crippen molar-refractivity contribution in [2.75, 3.05) is 0 Å². The van der Waals surface area contributed by atoms with Gasteiger partial charge in [-0.2, -0.15) is 4.31 Å². The van der Waals surface area contributed by atoms with Crippen LogP contribution in [0.4, 0.5) is 0 Å². The summed E-state index contributed by atoms with van der Waals surface area (Å²) in [5.74, 6) is 0.627. The molecule has 0 radical (unpaired) electrons. The Morgan fingerprint density at radius 3 is 2.43 bits per heavy atom. The molecule has 0 N–H and O–H groups in total. The summed E-state index contributed by atoms with van der Waals surface area (Å²) in [5, 5.41) is -0.353. The van der Waals surface area contributed by atoms with E-state index in [1.54, 1.807) is 24.3 Å². The molecule has 0 aromatic carbocycles. The van der Waals surface area contributed by atoms with E-state index >= 15 is 0 Å². The van der Waals surface area contributed by atoms with Crippen molar-refractivity contribution in [2.45, 2.75) is 63.0 Å². The van der Waals surface area contributed by atoms with Crippen LogP contribution < -0.4 is 4.74 Å². The summed E-state index contributed by atoms with van der Waals surface area (Å²) in [6.07, 6.45) is 5.19. The third-order valence-electron chi connectivity index (χ3n) is 4.44. The van der Waals surface area contributed by atoms with Crippen LogP contribution in [0.1, 0.15) is 39.5 Å². The van der Waals surface area contributed by atoms with Crippen LogP contribution >= 0.6 is 0 Å². The third kappa shape index (κ3) is 2.79. The van der Waals surface area contributed by atoms with Crippen molar-refractivity contribution >= 4 is 10.0 Å². The van der Waals surface area contributed by atoms with Crippen molar-refractivity contribution < 1.29 is 13.2 Å². The van der Waals surface area contributed by atoms with Gasteiger partial charge in [0.05, 0.1) is 5.25 Å². The number of sulfonamides is 1. The van der Waals surface area contributed by atoms with Crippen molar-refractivity contribution in [1.29, 1.82) is 0 Å². The average molecular weight is 310 g/mol. The predicted octanol–water partition coefficient (Wildman–Crippen LogP) is 2.19. The van der Waals surface area contributed by atoms with Gasteiger partial charge >= 0.3 is 0 Å². The van der Waals surface area contributed by atoms with E-state index in [-0.39, 0.29) is 23.4 Å².